The molecule has 5 heteroatoms. The van der Waals surface area contributed by atoms with Gasteiger partial charge in [-0.15, -0.1) is 0 Å². The van der Waals surface area contributed by atoms with Gasteiger partial charge in [0, 0.05) is 20.6 Å². The molecular formula is C11H18N4O. The second-order valence-electron chi connectivity index (χ2n) is 3.49. The standard InChI is InChI=1S/C11H18N4O/c1-4-14-11(16)8-15(3)10-5-9(12-2)6-13-7-10/h5-7,12H,4,8H2,1-3H3,(H,14,16). The molecule has 0 spiro atoms. The minimum Gasteiger partial charge on any atom is -0.387 e. The quantitative estimate of drug-likeness (QED) is 0.770. The molecule has 0 saturated carbocycles. The molecule has 0 aliphatic carbocycles. The Labute approximate surface area is 95.9 Å². The van der Waals surface area contributed by atoms with E-state index in [1.54, 1.807) is 12.4 Å². The molecule has 1 aromatic heterocycles. The zero-order valence-corrected chi connectivity index (χ0v) is 9.95. The lowest BCUT2D eigenvalue weighted by Crippen LogP contribution is -2.35. The lowest BCUT2D eigenvalue weighted by atomic mass is 10.3. The van der Waals surface area contributed by atoms with Gasteiger partial charge in [0.15, 0.2) is 0 Å². The lowest BCUT2D eigenvalue weighted by molar-refractivity contribution is -0.119. The van der Waals surface area contributed by atoms with E-state index in [-0.39, 0.29) is 5.91 Å². The fourth-order valence-electron chi connectivity index (χ4n) is 1.33. The Morgan fingerprint density at radius 1 is 1.50 bits per heavy atom. The summed E-state index contributed by atoms with van der Waals surface area (Å²) in [5, 5.41) is 5.77. The van der Waals surface area contributed by atoms with Crippen LogP contribution in [0.4, 0.5) is 11.4 Å². The Bertz CT molecular complexity index is 354. The molecule has 1 aromatic rings. The number of anilines is 2. The van der Waals surface area contributed by atoms with E-state index in [0.29, 0.717) is 13.1 Å². The fourth-order valence-corrected chi connectivity index (χ4v) is 1.33. The monoisotopic (exact) mass is 222 g/mol. The van der Waals surface area contributed by atoms with Gasteiger partial charge in [0.25, 0.3) is 0 Å². The molecule has 0 unspecified atom stereocenters. The van der Waals surface area contributed by atoms with Crippen LogP contribution in [0.15, 0.2) is 18.5 Å². The van der Waals surface area contributed by atoms with E-state index in [1.165, 1.54) is 0 Å². The summed E-state index contributed by atoms with van der Waals surface area (Å²) >= 11 is 0. The highest BCUT2D eigenvalue weighted by molar-refractivity contribution is 5.81. The van der Waals surface area contributed by atoms with Crippen LogP contribution in [-0.2, 0) is 4.79 Å². The molecule has 0 bridgehead atoms. The SMILES string of the molecule is CCNC(=O)CN(C)c1cncc(NC)c1. The molecule has 0 aliphatic heterocycles. The van der Waals surface area contributed by atoms with Gasteiger partial charge in [-0.2, -0.15) is 0 Å². The maximum absolute atomic E-state index is 11.4. The number of hydrogen-bond acceptors (Lipinski definition) is 4. The van der Waals surface area contributed by atoms with Gasteiger partial charge in [0.1, 0.15) is 0 Å². The normalized spacial score (nSPS) is 9.69. The summed E-state index contributed by atoms with van der Waals surface area (Å²) < 4.78 is 0. The predicted octanol–water partition coefficient (Wildman–Crippen LogP) is 0.696. The molecule has 5 nitrogen and oxygen atoms in total. The van der Waals surface area contributed by atoms with Crippen LogP contribution >= 0.6 is 0 Å². The number of nitrogens with zero attached hydrogens (tertiary/aromatic N) is 2. The van der Waals surface area contributed by atoms with Crippen LogP contribution in [0.1, 0.15) is 6.92 Å². The van der Waals surface area contributed by atoms with Gasteiger partial charge < -0.3 is 15.5 Å². The Morgan fingerprint density at radius 3 is 2.88 bits per heavy atom. The number of rotatable bonds is 5. The zero-order chi connectivity index (χ0) is 12.0. The third-order valence-corrected chi connectivity index (χ3v) is 2.21. The van der Waals surface area contributed by atoms with E-state index in [4.69, 9.17) is 0 Å². The van der Waals surface area contributed by atoms with Gasteiger partial charge in [0.2, 0.25) is 5.91 Å². The largest absolute Gasteiger partial charge is 0.387 e. The molecule has 0 radical (unpaired) electrons. The topological polar surface area (TPSA) is 57.3 Å². The van der Waals surface area contributed by atoms with E-state index in [2.05, 4.69) is 15.6 Å². The van der Waals surface area contributed by atoms with Gasteiger partial charge in [-0.3, -0.25) is 9.78 Å². The number of nitrogens with one attached hydrogen (secondary N) is 2. The molecular weight excluding hydrogens is 204 g/mol. The molecule has 0 saturated heterocycles. The second-order valence-corrected chi connectivity index (χ2v) is 3.49. The first-order chi connectivity index (χ1) is 7.67. The summed E-state index contributed by atoms with van der Waals surface area (Å²) in [7, 11) is 3.70. The van der Waals surface area contributed by atoms with Gasteiger partial charge >= 0.3 is 0 Å². The molecule has 1 amide bonds. The van der Waals surface area contributed by atoms with E-state index in [1.807, 2.05) is 32.0 Å². The molecule has 0 aliphatic rings. The van der Waals surface area contributed by atoms with E-state index >= 15 is 0 Å². The third-order valence-electron chi connectivity index (χ3n) is 2.21. The minimum absolute atomic E-state index is 0.0138. The van der Waals surface area contributed by atoms with E-state index in [0.717, 1.165) is 11.4 Å². The zero-order valence-electron chi connectivity index (χ0n) is 9.95. The summed E-state index contributed by atoms with van der Waals surface area (Å²) in [6, 6.07) is 1.95. The molecule has 2 N–H and O–H groups in total. The van der Waals surface area contributed by atoms with Crippen molar-refractivity contribution in [3.8, 4) is 0 Å². The number of carbonyl (C=O) groups is 1. The maximum Gasteiger partial charge on any atom is 0.239 e. The van der Waals surface area contributed by atoms with Crippen molar-refractivity contribution in [2.45, 2.75) is 6.92 Å². The van der Waals surface area contributed by atoms with Crippen LogP contribution < -0.4 is 15.5 Å². The van der Waals surface area contributed by atoms with Gasteiger partial charge in [0.05, 0.1) is 30.3 Å². The molecule has 0 aromatic carbocycles. The van der Waals surface area contributed by atoms with Crippen molar-refractivity contribution in [3.05, 3.63) is 18.5 Å². The summed E-state index contributed by atoms with van der Waals surface area (Å²) in [4.78, 5) is 17.3. The number of pyridine rings is 1. The van der Waals surface area contributed by atoms with Crippen LogP contribution in [-0.4, -0.2) is 38.1 Å². The van der Waals surface area contributed by atoms with Gasteiger partial charge in [-0.05, 0) is 13.0 Å². The molecule has 1 heterocycles. The van der Waals surface area contributed by atoms with E-state index < -0.39 is 0 Å². The number of carbonyl (C=O) groups excluding carboxylic acids is 1. The third kappa shape index (κ3) is 3.42. The van der Waals surface area contributed by atoms with Crippen molar-refractivity contribution in [3.63, 3.8) is 0 Å². The molecule has 88 valence electrons. The van der Waals surface area contributed by atoms with E-state index in [9.17, 15) is 4.79 Å². The molecule has 0 atom stereocenters. The maximum atomic E-state index is 11.4. The average Bonchev–Trinajstić information content (AvgIpc) is 2.29. The average molecular weight is 222 g/mol. The summed E-state index contributed by atoms with van der Waals surface area (Å²) in [5.41, 5.74) is 1.85. The van der Waals surface area contributed by atoms with Crippen LogP contribution in [0.5, 0.6) is 0 Å². The Hall–Kier alpha value is -1.78. The van der Waals surface area contributed by atoms with Crippen LogP contribution in [0.2, 0.25) is 0 Å². The van der Waals surface area contributed by atoms with Gasteiger partial charge in [-0.1, -0.05) is 0 Å². The first-order valence-corrected chi connectivity index (χ1v) is 5.28. The van der Waals surface area contributed by atoms with Gasteiger partial charge in [-0.25, -0.2) is 0 Å². The van der Waals surface area contributed by atoms with Crippen LogP contribution in [0.25, 0.3) is 0 Å². The van der Waals surface area contributed by atoms with Crippen molar-refractivity contribution < 1.29 is 4.79 Å². The summed E-state index contributed by atoms with van der Waals surface area (Å²) in [6.45, 7) is 2.89. The number of amides is 1. The van der Waals surface area contributed by atoms with Crippen LogP contribution in [0.3, 0.4) is 0 Å². The Morgan fingerprint density at radius 2 is 2.25 bits per heavy atom. The number of aromatic nitrogens is 1. The minimum atomic E-state index is 0.0138. The Kier molecular flexibility index (Phi) is 4.57. The number of likely N-dealkylation sites (N-methyl/N-ethyl adjacent to an activating group) is 2. The van der Waals surface area contributed by atoms with Crippen molar-refractivity contribution in [2.75, 3.05) is 37.4 Å². The lowest BCUT2D eigenvalue weighted by Gasteiger charge is -2.18. The summed E-state index contributed by atoms with van der Waals surface area (Å²) in [5.74, 6) is 0.0138. The second kappa shape index (κ2) is 5.95. The molecule has 16 heavy (non-hydrogen) atoms. The Balaban J connectivity index is 2.64. The molecule has 1 rings (SSSR count). The highest BCUT2D eigenvalue weighted by atomic mass is 16.1. The highest BCUT2D eigenvalue weighted by Crippen LogP contribution is 2.15. The first kappa shape index (κ1) is 12.3. The fraction of sp³-hybridized carbons (Fsp3) is 0.455. The highest BCUT2D eigenvalue weighted by Gasteiger charge is 2.06. The predicted molar refractivity (Wildman–Crippen MR) is 65.7 cm³/mol. The first-order valence-electron chi connectivity index (χ1n) is 5.28. The van der Waals surface area contributed by atoms with Crippen molar-refractivity contribution in [1.82, 2.24) is 10.3 Å². The summed E-state index contributed by atoms with van der Waals surface area (Å²) in [6.07, 6.45) is 3.48. The number of hydrogen-bond donors (Lipinski definition) is 2. The molecule has 0 fully saturated rings. The van der Waals surface area contributed by atoms with Crippen LogP contribution in [0, 0.1) is 0 Å². The van der Waals surface area contributed by atoms with Crippen molar-refractivity contribution in [1.29, 1.82) is 0 Å². The smallest absolute Gasteiger partial charge is 0.239 e. The van der Waals surface area contributed by atoms with Crippen molar-refractivity contribution in [2.24, 2.45) is 0 Å². The van der Waals surface area contributed by atoms with Crippen molar-refractivity contribution >= 4 is 17.3 Å².